The number of piperidine rings is 1. The monoisotopic (exact) mass is 600 g/mol. The third kappa shape index (κ3) is 6.93. The Kier molecular flexibility index (Phi) is 10.1. The summed E-state index contributed by atoms with van der Waals surface area (Å²) in [6, 6.07) is 12.2. The van der Waals surface area contributed by atoms with Crippen molar-refractivity contribution in [3.8, 4) is 0 Å². The first-order chi connectivity index (χ1) is 19.6. The van der Waals surface area contributed by atoms with E-state index in [-0.39, 0.29) is 43.3 Å². The molecule has 0 radical (unpaired) electrons. The average Bonchev–Trinajstić information content (AvgIpc) is 2.96. The first kappa shape index (κ1) is 30.6. The third-order valence-electron chi connectivity index (χ3n) is 7.61. The summed E-state index contributed by atoms with van der Waals surface area (Å²) in [6.07, 6.45) is 1.23. The Morgan fingerprint density at radius 2 is 1.59 bits per heavy atom. The maximum Gasteiger partial charge on any atom is 0.336 e. The Morgan fingerprint density at radius 3 is 2.20 bits per heavy atom. The van der Waals surface area contributed by atoms with Gasteiger partial charge in [-0.05, 0) is 69.0 Å². The Balaban J connectivity index is 1.50. The van der Waals surface area contributed by atoms with Crippen LogP contribution in [0.5, 0.6) is 0 Å². The minimum Gasteiger partial charge on any atom is -0.466 e. The van der Waals surface area contributed by atoms with Gasteiger partial charge in [-0.15, -0.1) is 0 Å². The molecule has 0 aliphatic carbocycles. The largest absolute Gasteiger partial charge is 0.466 e. The molecule has 1 unspecified atom stereocenters. The van der Waals surface area contributed by atoms with Crippen LogP contribution in [0.3, 0.4) is 0 Å². The Hall–Kier alpha value is -3.36. The lowest BCUT2D eigenvalue weighted by Gasteiger charge is -2.34. The molecule has 0 aromatic heterocycles. The summed E-state index contributed by atoms with van der Waals surface area (Å²) in [6.45, 7) is 7.04. The van der Waals surface area contributed by atoms with Crippen LogP contribution in [-0.4, -0.2) is 59.9 Å². The third-order valence-corrected chi connectivity index (χ3v) is 8.35. The number of amides is 2. The minimum atomic E-state index is -0.513. The predicted molar refractivity (Wildman–Crippen MR) is 155 cm³/mol. The van der Waals surface area contributed by atoms with E-state index in [9.17, 15) is 19.2 Å². The second kappa shape index (κ2) is 13.5. The van der Waals surface area contributed by atoms with E-state index in [2.05, 4.69) is 0 Å². The highest BCUT2D eigenvalue weighted by Crippen LogP contribution is 2.39. The molecular formula is C31H34Cl2N2O6. The van der Waals surface area contributed by atoms with Gasteiger partial charge in [-0.3, -0.25) is 14.4 Å². The summed E-state index contributed by atoms with van der Waals surface area (Å²) in [7, 11) is 0. The van der Waals surface area contributed by atoms with Crippen molar-refractivity contribution in [3.63, 3.8) is 0 Å². The molecule has 218 valence electrons. The molecule has 2 heterocycles. The van der Waals surface area contributed by atoms with Gasteiger partial charge < -0.3 is 19.3 Å². The Bertz CT molecular complexity index is 1350. The lowest BCUT2D eigenvalue weighted by Crippen LogP contribution is -2.40. The normalized spacial score (nSPS) is 18.0. The molecule has 1 atom stereocenters. The molecule has 2 aromatic rings. The number of benzene rings is 2. The highest BCUT2D eigenvalue weighted by atomic mass is 35.5. The van der Waals surface area contributed by atoms with E-state index in [0.717, 1.165) is 5.56 Å². The number of likely N-dealkylation sites (tertiary alicyclic amines) is 1. The van der Waals surface area contributed by atoms with Gasteiger partial charge in [-0.25, -0.2) is 4.79 Å². The number of halogens is 2. The van der Waals surface area contributed by atoms with Crippen LogP contribution in [0.1, 0.15) is 67.4 Å². The van der Waals surface area contributed by atoms with E-state index >= 15 is 0 Å². The highest BCUT2D eigenvalue weighted by molar-refractivity contribution is 6.42. The van der Waals surface area contributed by atoms with Gasteiger partial charge in [-0.1, -0.05) is 41.4 Å². The Labute approximate surface area is 250 Å². The fraction of sp³-hybridized carbons (Fsp3) is 0.419. The van der Waals surface area contributed by atoms with Crippen molar-refractivity contribution in [2.75, 3.05) is 26.3 Å². The van der Waals surface area contributed by atoms with Crippen molar-refractivity contribution in [2.24, 2.45) is 5.92 Å². The molecular weight excluding hydrogens is 567 g/mol. The molecule has 8 nitrogen and oxygen atoms in total. The average molecular weight is 602 g/mol. The van der Waals surface area contributed by atoms with Gasteiger partial charge in [-0.2, -0.15) is 0 Å². The molecule has 0 saturated carbocycles. The zero-order valence-corrected chi connectivity index (χ0v) is 25.0. The molecule has 0 N–H and O–H groups in total. The summed E-state index contributed by atoms with van der Waals surface area (Å²) in [5, 5.41) is 0.735. The summed E-state index contributed by atoms with van der Waals surface area (Å²) >= 11 is 12.3. The van der Waals surface area contributed by atoms with Crippen LogP contribution in [0.25, 0.3) is 0 Å². The van der Waals surface area contributed by atoms with Crippen LogP contribution in [0.4, 0.5) is 0 Å². The van der Waals surface area contributed by atoms with E-state index in [4.69, 9.17) is 32.7 Å². The number of hydrogen-bond donors (Lipinski definition) is 0. The Morgan fingerprint density at radius 1 is 0.927 bits per heavy atom. The molecule has 0 bridgehead atoms. The summed E-state index contributed by atoms with van der Waals surface area (Å²) in [5.74, 6) is -1.61. The van der Waals surface area contributed by atoms with Crippen LogP contribution in [0.2, 0.25) is 10.0 Å². The van der Waals surface area contributed by atoms with Crippen LogP contribution in [-0.2, 0) is 30.4 Å². The lowest BCUT2D eigenvalue weighted by atomic mass is 9.83. The van der Waals surface area contributed by atoms with Crippen molar-refractivity contribution in [1.29, 1.82) is 0 Å². The highest BCUT2D eigenvalue weighted by Gasteiger charge is 2.37. The number of carbonyl (C=O) groups excluding carboxylic acids is 4. The molecule has 0 spiro atoms. The standard InChI is InChI=1S/C31H34Cl2N2O6/c1-4-40-30(38)22-12-14-34(15-13-22)29(37)21-8-6-20(7-9-21)18-35-19(3)28(31(39)41-5-2)24(17-27(35)36)23-10-11-25(32)26(33)16-23/h6-11,16,22,24H,4-5,12-15,17-18H2,1-3H3. The van der Waals surface area contributed by atoms with Crippen molar-refractivity contribution < 1.29 is 28.7 Å². The van der Waals surface area contributed by atoms with E-state index in [0.29, 0.717) is 65.0 Å². The smallest absolute Gasteiger partial charge is 0.336 e. The number of esters is 2. The predicted octanol–water partition coefficient (Wildman–Crippen LogP) is 5.76. The van der Waals surface area contributed by atoms with Crippen molar-refractivity contribution in [1.82, 2.24) is 9.80 Å². The number of nitrogens with zero attached hydrogens (tertiary/aromatic N) is 2. The van der Waals surface area contributed by atoms with Gasteiger partial charge in [0.25, 0.3) is 5.91 Å². The molecule has 4 rings (SSSR count). The molecule has 1 fully saturated rings. The fourth-order valence-electron chi connectivity index (χ4n) is 5.39. The van der Waals surface area contributed by atoms with Crippen LogP contribution < -0.4 is 0 Å². The molecule has 2 amide bonds. The van der Waals surface area contributed by atoms with Gasteiger partial charge in [0, 0.05) is 36.7 Å². The van der Waals surface area contributed by atoms with E-state index in [1.54, 1.807) is 60.9 Å². The number of allylic oxidation sites excluding steroid dienone is 1. The molecule has 10 heteroatoms. The van der Waals surface area contributed by atoms with Crippen molar-refractivity contribution >= 4 is 47.0 Å². The molecule has 41 heavy (non-hydrogen) atoms. The van der Waals surface area contributed by atoms with E-state index < -0.39 is 11.9 Å². The minimum absolute atomic E-state index is 0.0712. The fourth-order valence-corrected chi connectivity index (χ4v) is 5.69. The van der Waals surface area contributed by atoms with Gasteiger partial charge in [0.15, 0.2) is 0 Å². The lowest BCUT2D eigenvalue weighted by molar-refractivity contribution is -0.149. The molecule has 1 saturated heterocycles. The number of carbonyl (C=O) groups is 4. The summed E-state index contributed by atoms with van der Waals surface area (Å²) in [4.78, 5) is 54.8. The van der Waals surface area contributed by atoms with Gasteiger partial charge >= 0.3 is 11.9 Å². The second-order valence-corrected chi connectivity index (χ2v) is 11.0. The zero-order chi connectivity index (χ0) is 29.7. The van der Waals surface area contributed by atoms with Crippen molar-refractivity contribution in [2.45, 2.75) is 52.5 Å². The van der Waals surface area contributed by atoms with E-state index in [1.807, 2.05) is 12.1 Å². The zero-order valence-electron chi connectivity index (χ0n) is 23.5. The molecule has 2 aliphatic rings. The SMILES string of the molecule is CCOC(=O)C1=C(C)N(Cc2ccc(C(=O)N3CCC(C(=O)OCC)CC3)cc2)C(=O)CC1c1ccc(Cl)c(Cl)c1. The number of ether oxygens (including phenoxy) is 2. The summed E-state index contributed by atoms with van der Waals surface area (Å²) < 4.78 is 10.5. The summed E-state index contributed by atoms with van der Waals surface area (Å²) in [5.41, 5.74) is 2.98. The maximum atomic E-state index is 13.4. The van der Waals surface area contributed by atoms with Gasteiger partial charge in [0.1, 0.15) is 0 Å². The van der Waals surface area contributed by atoms with Crippen LogP contribution in [0.15, 0.2) is 53.7 Å². The van der Waals surface area contributed by atoms with Crippen molar-refractivity contribution in [3.05, 3.63) is 80.5 Å². The molecule has 2 aliphatic heterocycles. The molecule has 2 aromatic carbocycles. The number of hydrogen-bond acceptors (Lipinski definition) is 6. The first-order valence-corrected chi connectivity index (χ1v) is 14.6. The number of rotatable bonds is 8. The van der Waals surface area contributed by atoms with Crippen LogP contribution in [0, 0.1) is 5.92 Å². The topological polar surface area (TPSA) is 93.2 Å². The van der Waals surface area contributed by atoms with E-state index in [1.165, 1.54) is 0 Å². The quantitative estimate of drug-likeness (QED) is 0.357. The second-order valence-electron chi connectivity index (χ2n) is 10.1. The maximum absolute atomic E-state index is 13.4. The first-order valence-electron chi connectivity index (χ1n) is 13.8. The van der Waals surface area contributed by atoms with Crippen LogP contribution >= 0.6 is 23.2 Å². The van der Waals surface area contributed by atoms with Gasteiger partial charge in [0.2, 0.25) is 5.91 Å². The van der Waals surface area contributed by atoms with Gasteiger partial charge in [0.05, 0.1) is 41.3 Å².